The maximum Gasteiger partial charge on any atom is 0.309 e. The lowest BCUT2D eigenvalue weighted by Gasteiger charge is -2.43. The number of rotatable bonds is 2. The van der Waals surface area contributed by atoms with Gasteiger partial charge in [0.15, 0.2) is 0 Å². The Hall–Kier alpha value is -0.320. The Balaban J connectivity index is 2.13. The van der Waals surface area contributed by atoms with Crippen LogP contribution in [-0.2, 0) is 4.79 Å². The summed E-state index contributed by atoms with van der Waals surface area (Å²) in [5.74, 6) is -1.54. The second-order valence-corrected chi connectivity index (χ2v) is 6.38. The van der Waals surface area contributed by atoms with Gasteiger partial charge in [-0.05, 0) is 43.1 Å². The quantitative estimate of drug-likeness (QED) is 0.830. The van der Waals surface area contributed by atoms with Crippen molar-refractivity contribution in [2.24, 2.45) is 11.3 Å². The van der Waals surface area contributed by atoms with Crippen LogP contribution in [0.3, 0.4) is 0 Å². The van der Waals surface area contributed by atoms with Crippen molar-refractivity contribution in [3.05, 3.63) is 0 Å². The summed E-state index contributed by atoms with van der Waals surface area (Å²) in [5, 5.41) is 9.46. The van der Waals surface area contributed by atoms with Crippen LogP contribution in [0.5, 0.6) is 0 Å². The second-order valence-electron chi connectivity index (χ2n) is 5.23. The molecule has 2 rings (SSSR count). The minimum atomic E-state index is -2.65. The number of alkyl halides is 2. The summed E-state index contributed by atoms with van der Waals surface area (Å²) in [4.78, 5) is 11.5. The van der Waals surface area contributed by atoms with Crippen molar-refractivity contribution in [2.45, 2.75) is 44.4 Å². The number of halogens is 2. The summed E-state index contributed by atoms with van der Waals surface area (Å²) in [5.41, 5.74) is -0.880. The Bertz CT molecular complexity index is 291. The number of carboxylic acids is 1. The standard InChI is InChI=1S/C12H18F2O2S/c13-12(14)5-3-11(4-6-12,10(15)16)9-2-1-7-17-8-9/h9H,1-8H2,(H,15,16). The van der Waals surface area contributed by atoms with Crippen LogP contribution < -0.4 is 0 Å². The van der Waals surface area contributed by atoms with Gasteiger partial charge in [-0.3, -0.25) is 4.79 Å². The largest absolute Gasteiger partial charge is 0.481 e. The first kappa shape index (κ1) is 13.1. The van der Waals surface area contributed by atoms with E-state index in [2.05, 4.69) is 0 Å². The van der Waals surface area contributed by atoms with E-state index in [1.807, 2.05) is 0 Å². The van der Waals surface area contributed by atoms with Crippen LogP contribution in [0.15, 0.2) is 0 Å². The molecule has 5 heteroatoms. The van der Waals surface area contributed by atoms with Crippen molar-refractivity contribution in [2.75, 3.05) is 11.5 Å². The smallest absolute Gasteiger partial charge is 0.309 e. The number of carboxylic acid groups (broad SMARTS) is 1. The molecule has 1 aliphatic heterocycles. The third-order valence-electron chi connectivity index (χ3n) is 4.24. The lowest BCUT2D eigenvalue weighted by atomic mass is 9.64. The maximum atomic E-state index is 13.2. The highest BCUT2D eigenvalue weighted by atomic mass is 32.2. The van der Waals surface area contributed by atoms with E-state index in [0.29, 0.717) is 0 Å². The Morgan fingerprint density at radius 1 is 1.24 bits per heavy atom. The molecule has 0 bridgehead atoms. The molecule has 1 N–H and O–H groups in total. The first-order valence-corrected chi connectivity index (χ1v) is 7.31. The molecule has 0 aromatic heterocycles. The van der Waals surface area contributed by atoms with Crippen LogP contribution in [0, 0.1) is 11.3 Å². The maximum absolute atomic E-state index is 13.2. The fourth-order valence-corrected chi connectivity index (χ4v) is 4.34. The molecule has 0 radical (unpaired) electrons. The first-order chi connectivity index (χ1) is 7.96. The van der Waals surface area contributed by atoms with Crippen molar-refractivity contribution in [3.63, 3.8) is 0 Å². The summed E-state index contributed by atoms with van der Waals surface area (Å²) < 4.78 is 26.4. The molecule has 0 spiro atoms. The van der Waals surface area contributed by atoms with Gasteiger partial charge in [-0.2, -0.15) is 11.8 Å². The fraction of sp³-hybridized carbons (Fsp3) is 0.917. The molecule has 2 fully saturated rings. The van der Waals surface area contributed by atoms with E-state index in [4.69, 9.17) is 0 Å². The molecule has 1 unspecified atom stereocenters. The molecule has 1 saturated heterocycles. The van der Waals surface area contributed by atoms with E-state index in [1.54, 1.807) is 11.8 Å². The minimum Gasteiger partial charge on any atom is -0.481 e. The highest BCUT2D eigenvalue weighted by Crippen LogP contribution is 2.51. The zero-order valence-corrected chi connectivity index (χ0v) is 10.6. The van der Waals surface area contributed by atoms with Gasteiger partial charge in [0.25, 0.3) is 0 Å². The number of carbonyl (C=O) groups is 1. The molecule has 1 saturated carbocycles. The Kier molecular flexibility index (Phi) is 3.66. The van der Waals surface area contributed by atoms with E-state index in [-0.39, 0.29) is 31.6 Å². The van der Waals surface area contributed by atoms with Crippen LogP contribution in [0.1, 0.15) is 38.5 Å². The van der Waals surface area contributed by atoms with Gasteiger partial charge in [-0.15, -0.1) is 0 Å². The zero-order valence-electron chi connectivity index (χ0n) is 9.75. The molecule has 1 atom stereocenters. The summed E-state index contributed by atoms with van der Waals surface area (Å²) >= 11 is 1.76. The van der Waals surface area contributed by atoms with Gasteiger partial charge >= 0.3 is 5.97 Å². The van der Waals surface area contributed by atoms with Gasteiger partial charge in [0.1, 0.15) is 0 Å². The van der Waals surface area contributed by atoms with E-state index in [9.17, 15) is 18.7 Å². The molecule has 17 heavy (non-hydrogen) atoms. The van der Waals surface area contributed by atoms with Gasteiger partial charge < -0.3 is 5.11 Å². The second kappa shape index (κ2) is 4.75. The predicted molar refractivity (Wildman–Crippen MR) is 63.5 cm³/mol. The summed E-state index contributed by atoms with van der Waals surface area (Å²) in [7, 11) is 0. The molecule has 0 aromatic carbocycles. The SMILES string of the molecule is O=C(O)C1(C2CCCSC2)CCC(F)(F)CC1. The van der Waals surface area contributed by atoms with Crippen LogP contribution in [-0.4, -0.2) is 28.5 Å². The Labute approximate surface area is 104 Å². The first-order valence-electron chi connectivity index (χ1n) is 6.15. The van der Waals surface area contributed by atoms with E-state index >= 15 is 0 Å². The predicted octanol–water partition coefficient (Wildman–Crippen LogP) is 3.41. The molecular weight excluding hydrogens is 246 g/mol. The number of hydrogen-bond donors (Lipinski definition) is 1. The number of aliphatic carboxylic acids is 1. The number of hydrogen-bond acceptors (Lipinski definition) is 2. The summed E-state index contributed by atoms with van der Waals surface area (Å²) in [6.45, 7) is 0. The third kappa shape index (κ3) is 2.59. The molecular formula is C12H18F2O2S. The van der Waals surface area contributed by atoms with Crippen LogP contribution in [0.4, 0.5) is 8.78 Å². The number of thioether (sulfide) groups is 1. The average molecular weight is 264 g/mol. The van der Waals surface area contributed by atoms with E-state index in [1.165, 1.54) is 0 Å². The molecule has 0 amide bonds. The summed E-state index contributed by atoms with van der Waals surface area (Å²) in [6, 6.07) is 0. The van der Waals surface area contributed by atoms with E-state index < -0.39 is 17.3 Å². The van der Waals surface area contributed by atoms with Crippen molar-refractivity contribution < 1.29 is 18.7 Å². The van der Waals surface area contributed by atoms with Crippen molar-refractivity contribution in [1.82, 2.24) is 0 Å². The van der Waals surface area contributed by atoms with Crippen molar-refractivity contribution in [3.8, 4) is 0 Å². The molecule has 1 aliphatic carbocycles. The third-order valence-corrected chi connectivity index (χ3v) is 5.46. The van der Waals surface area contributed by atoms with Crippen molar-refractivity contribution >= 4 is 17.7 Å². The molecule has 2 nitrogen and oxygen atoms in total. The lowest BCUT2D eigenvalue weighted by Crippen LogP contribution is -2.46. The highest BCUT2D eigenvalue weighted by molar-refractivity contribution is 7.99. The average Bonchev–Trinajstić information content (AvgIpc) is 2.30. The van der Waals surface area contributed by atoms with Crippen LogP contribution >= 0.6 is 11.8 Å². The van der Waals surface area contributed by atoms with Gasteiger partial charge in [0.2, 0.25) is 5.92 Å². The molecule has 1 heterocycles. The van der Waals surface area contributed by atoms with Gasteiger partial charge in [0, 0.05) is 12.8 Å². The van der Waals surface area contributed by atoms with E-state index in [0.717, 1.165) is 24.3 Å². The molecule has 2 aliphatic rings. The highest BCUT2D eigenvalue weighted by Gasteiger charge is 2.52. The molecule has 0 aromatic rings. The lowest BCUT2D eigenvalue weighted by molar-refractivity contribution is -0.162. The normalized spacial score (nSPS) is 32.0. The van der Waals surface area contributed by atoms with Crippen molar-refractivity contribution in [1.29, 1.82) is 0 Å². The topological polar surface area (TPSA) is 37.3 Å². The summed E-state index contributed by atoms with van der Waals surface area (Å²) in [6.07, 6.45) is 1.65. The monoisotopic (exact) mass is 264 g/mol. The van der Waals surface area contributed by atoms with Crippen LogP contribution in [0.25, 0.3) is 0 Å². The van der Waals surface area contributed by atoms with Gasteiger partial charge in [-0.25, -0.2) is 8.78 Å². The van der Waals surface area contributed by atoms with Crippen LogP contribution in [0.2, 0.25) is 0 Å². The zero-order chi connectivity index (χ0) is 12.5. The van der Waals surface area contributed by atoms with Gasteiger partial charge in [0.05, 0.1) is 5.41 Å². The fourth-order valence-electron chi connectivity index (χ4n) is 3.04. The molecule has 98 valence electrons. The Morgan fingerprint density at radius 2 is 1.88 bits per heavy atom. The van der Waals surface area contributed by atoms with Gasteiger partial charge in [-0.1, -0.05) is 0 Å². The Morgan fingerprint density at radius 3 is 2.35 bits per heavy atom. The minimum absolute atomic E-state index is 0.0786.